The maximum absolute atomic E-state index is 8.80. The van der Waals surface area contributed by atoms with Gasteiger partial charge in [-0.15, -0.1) is 10.2 Å². The Morgan fingerprint density at radius 3 is 2.30 bits per heavy atom. The molecule has 0 spiro atoms. The molecule has 0 amide bonds. The maximum Gasteiger partial charge on any atom is 0.293 e. The predicted octanol–water partition coefficient (Wildman–Crippen LogP) is 0.973. The summed E-state index contributed by atoms with van der Waals surface area (Å²) in [4.78, 5) is 2.37. The summed E-state index contributed by atoms with van der Waals surface area (Å²) in [7, 11) is 0. The second-order valence-corrected chi connectivity index (χ2v) is 1.54. The van der Waals surface area contributed by atoms with Crippen molar-refractivity contribution in [1.29, 1.82) is 0 Å². The summed E-state index contributed by atoms with van der Waals surface area (Å²) < 4.78 is 0.667. The van der Waals surface area contributed by atoms with Gasteiger partial charge in [-0.25, -0.2) is 0 Å². The number of aromatic hydroxyl groups is 2. The Kier molecular flexibility index (Phi) is 1.39. The highest BCUT2D eigenvalue weighted by Gasteiger charge is 2.06. The van der Waals surface area contributed by atoms with E-state index in [1.54, 1.807) is 0 Å². The van der Waals surface area contributed by atoms with Crippen molar-refractivity contribution in [2.75, 3.05) is 0 Å². The number of hydrogen-bond donors (Lipinski definition) is 2. The van der Waals surface area contributed by atoms with Gasteiger partial charge in [-0.1, -0.05) is 0 Å². The molecule has 0 aromatic carbocycles. The van der Waals surface area contributed by atoms with Crippen molar-refractivity contribution in [3.63, 3.8) is 0 Å². The Bertz CT molecular complexity index is 266. The Balaban J connectivity index is 3.22. The predicted molar refractivity (Wildman–Crippen MR) is 32.3 cm³/mol. The monoisotopic (exact) mass is 140 g/mol. The van der Waals surface area contributed by atoms with Gasteiger partial charge < -0.3 is 10.2 Å². The van der Waals surface area contributed by atoms with E-state index in [2.05, 4.69) is 10.1 Å². The van der Waals surface area contributed by atoms with Gasteiger partial charge in [0.1, 0.15) is 0 Å². The van der Waals surface area contributed by atoms with Crippen LogP contribution in [0.15, 0.2) is 17.4 Å². The molecule has 1 rings (SSSR count). The highest BCUT2D eigenvalue weighted by atomic mass is 16.3. The molecule has 6 heteroatoms. The SMILES string of the molecule is [N-]=[N+]=Nn1c(O)ccc1O. The summed E-state index contributed by atoms with van der Waals surface area (Å²) in [5.74, 6) is -0.592. The van der Waals surface area contributed by atoms with Crippen molar-refractivity contribution < 1.29 is 10.2 Å². The lowest BCUT2D eigenvalue weighted by molar-refractivity contribution is 0.382. The van der Waals surface area contributed by atoms with Gasteiger partial charge in [0.05, 0.1) is 0 Å². The normalized spacial score (nSPS) is 8.80. The van der Waals surface area contributed by atoms with Crippen LogP contribution in [0.5, 0.6) is 11.8 Å². The number of aromatic nitrogens is 1. The molecule has 0 aliphatic rings. The molecule has 0 saturated carbocycles. The van der Waals surface area contributed by atoms with Gasteiger partial charge >= 0.3 is 0 Å². The number of rotatable bonds is 1. The lowest BCUT2D eigenvalue weighted by Crippen LogP contribution is -1.81. The van der Waals surface area contributed by atoms with Crippen molar-refractivity contribution in [3.05, 3.63) is 22.6 Å². The van der Waals surface area contributed by atoms with Crippen molar-refractivity contribution in [2.24, 2.45) is 5.22 Å². The standard InChI is InChI=1S/C4H4N4O2/c5-6-7-8-3(9)1-2-4(8)10/h1-2,9-10H. The zero-order valence-corrected chi connectivity index (χ0v) is 4.84. The molecule has 1 aromatic rings. The van der Waals surface area contributed by atoms with Crippen LogP contribution in [0.1, 0.15) is 0 Å². The third kappa shape index (κ3) is 0.828. The zero-order valence-electron chi connectivity index (χ0n) is 4.84. The Morgan fingerprint density at radius 1 is 1.40 bits per heavy atom. The highest BCUT2D eigenvalue weighted by Crippen LogP contribution is 2.19. The molecule has 1 heterocycles. The van der Waals surface area contributed by atoms with E-state index in [1.165, 1.54) is 12.1 Å². The average Bonchev–Trinajstić information content (AvgIpc) is 2.20. The minimum Gasteiger partial charge on any atom is -0.477 e. The lowest BCUT2D eigenvalue weighted by Gasteiger charge is -1.87. The minimum atomic E-state index is -0.296. The summed E-state index contributed by atoms with van der Waals surface area (Å²) >= 11 is 0. The molecule has 0 atom stereocenters. The van der Waals surface area contributed by atoms with Crippen LogP contribution in [-0.4, -0.2) is 14.9 Å². The first-order valence-electron chi connectivity index (χ1n) is 2.41. The molecule has 0 bridgehead atoms. The quantitative estimate of drug-likeness (QED) is 0.345. The van der Waals surface area contributed by atoms with Crippen LogP contribution < -0.4 is 0 Å². The lowest BCUT2D eigenvalue weighted by atomic mass is 10.6. The van der Waals surface area contributed by atoms with E-state index >= 15 is 0 Å². The van der Waals surface area contributed by atoms with E-state index in [-0.39, 0.29) is 11.8 Å². The molecule has 0 aliphatic carbocycles. The molecular weight excluding hydrogens is 136 g/mol. The van der Waals surface area contributed by atoms with Crippen LogP contribution >= 0.6 is 0 Å². The van der Waals surface area contributed by atoms with E-state index in [9.17, 15) is 0 Å². The van der Waals surface area contributed by atoms with E-state index in [1.807, 2.05) is 0 Å². The molecule has 0 unspecified atom stereocenters. The fourth-order valence-electron chi connectivity index (χ4n) is 0.539. The third-order valence-electron chi connectivity index (χ3n) is 0.945. The van der Waals surface area contributed by atoms with Gasteiger partial charge in [-0.3, -0.25) is 0 Å². The van der Waals surface area contributed by atoms with Crippen molar-refractivity contribution in [1.82, 2.24) is 4.68 Å². The molecule has 10 heavy (non-hydrogen) atoms. The van der Waals surface area contributed by atoms with Crippen molar-refractivity contribution in [2.45, 2.75) is 0 Å². The Labute approximate surface area is 55.5 Å². The second kappa shape index (κ2) is 2.20. The first kappa shape index (κ1) is 6.31. The van der Waals surface area contributed by atoms with Gasteiger partial charge in [0.2, 0.25) is 0 Å². The summed E-state index contributed by atoms with van der Waals surface area (Å²) in [6.45, 7) is 0. The van der Waals surface area contributed by atoms with Gasteiger partial charge in [-0.2, -0.15) is 4.91 Å². The van der Waals surface area contributed by atoms with Crippen LogP contribution in [0.2, 0.25) is 0 Å². The largest absolute Gasteiger partial charge is 0.477 e. The van der Waals surface area contributed by atoms with E-state index in [4.69, 9.17) is 15.7 Å². The second-order valence-electron chi connectivity index (χ2n) is 1.54. The van der Waals surface area contributed by atoms with Crippen LogP contribution in [-0.2, 0) is 0 Å². The Hall–Kier alpha value is -1.81. The topological polar surface area (TPSA) is 94.2 Å². The number of azide groups is 1. The van der Waals surface area contributed by atoms with Crippen LogP contribution in [0.4, 0.5) is 0 Å². The molecule has 0 fully saturated rings. The Morgan fingerprint density at radius 2 is 1.90 bits per heavy atom. The summed E-state index contributed by atoms with van der Waals surface area (Å²) in [5.41, 5.74) is 7.90. The molecule has 52 valence electrons. The molecular formula is C4H4N4O2. The average molecular weight is 140 g/mol. The van der Waals surface area contributed by atoms with E-state index in [0.29, 0.717) is 4.68 Å². The number of nitrogens with zero attached hydrogens (tertiary/aromatic N) is 4. The van der Waals surface area contributed by atoms with Crippen LogP contribution in [0.3, 0.4) is 0 Å². The molecule has 6 nitrogen and oxygen atoms in total. The van der Waals surface area contributed by atoms with Crippen molar-refractivity contribution >= 4 is 0 Å². The zero-order chi connectivity index (χ0) is 7.56. The van der Waals surface area contributed by atoms with E-state index in [0.717, 1.165) is 0 Å². The highest BCUT2D eigenvalue weighted by molar-refractivity contribution is 5.23. The molecule has 2 N–H and O–H groups in total. The maximum atomic E-state index is 8.80. The third-order valence-corrected chi connectivity index (χ3v) is 0.945. The molecule has 1 aromatic heterocycles. The van der Waals surface area contributed by atoms with Crippen LogP contribution in [0, 0.1) is 0 Å². The molecule has 0 aliphatic heterocycles. The van der Waals surface area contributed by atoms with E-state index < -0.39 is 0 Å². The number of hydrogen-bond acceptors (Lipinski definition) is 3. The minimum absolute atomic E-state index is 0.296. The molecule has 0 saturated heterocycles. The smallest absolute Gasteiger partial charge is 0.293 e. The van der Waals surface area contributed by atoms with Gasteiger partial charge in [-0.05, 0) is 5.22 Å². The van der Waals surface area contributed by atoms with Crippen LogP contribution in [0.25, 0.3) is 10.4 Å². The molecule has 0 radical (unpaired) electrons. The first-order valence-corrected chi connectivity index (χ1v) is 2.41. The summed E-state index contributed by atoms with van der Waals surface area (Å²) in [5, 5.41) is 20.6. The van der Waals surface area contributed by atoms with Gasteiger partial charge in [0.25, 0.3) is 11.8 Å². The first-order chi connectivity index (χ1) is 4.75. The fraction of sp³-hybridized carbons (Fsp3) is 0. The van der Waals surface area contributed by atoms with Gasteiger partial charge in [0.15, 0.2) is 0 Å². The fourth-order valence-corrected chi connectivity index (χ4v) is 0.539. The summed E-state index contributed by atoms with van der Waals surface area (Å²) in [6.07, 6.45) is 0. The van der Waals surface area contributed by atoms with Crippen molar-refractivity contribution in [3.8, 4) is 11.8 Å². The van der Waals surface area contributed by atoms with Gasteiger partial charge in [0, 0.05) is 12.1 Å². The summed E-state index contributed by atoms with van der Waals surface area (Å²) in [6, 6.07) is 2.42.